The number of benzene rings is 1. The van der Waals surface area contributed by atoms with Crippen LogP contribution in [0.3, 0.4) is 0 Å². The molecular weight excluding hydrogens is 345 g/mol. The van der Waals surface area contributed by atoms with Crippen molar-refractivity contribution in [2.24, 2.45) is 5.11 Å². The molecule has 1 N–H and O–H groups in total. The summed E-state index contributed by atoms with van der Waals surface area (Å²) < 4.78 is 39.1. The van der Waals surface area contributed by atoms with Crippen molar-refractivity contribution < 1.29 is 64.3 Å². The predicted molar refractivity (Wildman–Crippen MR) is 87.3 cm³/mol. The van der Waals surface area contributed by atoms with Crippen LogP contribution in [0.4, 0.5) is 24.3 Å². The molecule has 1 aromatic carbocycles. The van der Waals surface area contributed by atoms with Gasteiger partial charge in [-0.3, -0.25) is 0 Å². The molecular formula is C14H20BF3KN5. The summed E-state index contributed by atoms with van der Waals surface area (Å²) in [5.41, 5.74) is 11.9. The van der Waals surface area contributed by atoms with Crippen LogP contribution in [0.1, 0.15) is 22.3 Å². The number of azide groups is 1. The van der Waals surface area contributed by atoms with Crippen LogP contribution in [0.2, 0.25) is 0 Å². The second-order valence-corrected chi connectivity index (χ2v) is 5.89. The van der Waals surface area contributed by atoms with E-state index < -0.39 is 13.3 Å². The van der Waals surface area contributed by atoms with E-state index in [-0.39, 0.29) is 56.9 Å². The first-order chi connectivity index (χ1) is 10.8. The van der Waals surface area contributed by atoms with Gasteiger partial charge in [0.05, 0.1) is 0 Å². The third-order valence-electron chi connectivity index (χ3n) is 4.34. The average molecular weight is 365 g/mol. The molecule has 0 unspecified atom stereocenters. The summed E-state index contributed by atoms with van der Waals surface area (Å²) in [5, 5.41) is 6.90. The van der Waals surface area contributed by atoms with E-state index in [2.05, 4.69) is 20.2 Å². The molecule has 5 nitrogen and oxygen atoms in total. The van der Waals surface area contributed by atoms with Crippen molar-refractivity contribution >= 4 is 18.4 Å². The molecule has 0 saturated carbocycles. The molecule has 0 spiro atoms. The maximum atomic E-state index is 13.0. The number of hydrogen-bond donors (Lipinski definition) is 1. The van der Waals surface area contributed by atoms with E-state index in [1.54, 1.807) is 13.8 Å². The molecule has 0 bridgehead atoms. The minimum atomic E-state index is -4.96. The molecule has 1 aliphatic rings. The Bertz CT molecular complexity index is 653. The number of halogens is 3. The molecule has 0 radical (unpaired) electrons. The number of rotatable bonds is 4. The molecule has 10 heteroatoms. The molecule has 1 saturated heterocycles. The van der Waals surface area contributed by atoms with Crippen LogP contribution in [0, 0.1) is 20.8 Å². The second-order valence-electron chi connectivity index (χ2n) is 5.89. The quantitative estimate of drug-likeness (QED) is 0.373. The topological polar surface area (TPSA) is 64.0 Å². The van der Waals surface area contributed by atoms with E-state index in [9.17, 15) is 12.9 Å². The molecule has 0 aromatic heterocycles. The van der Waals surface area contributed by atoms with Crippen molar-refractivity contribution in [3.63, 3.8) is 0 Å². The normalized spacial score (nSPS) is 14.8. The Balaban J connectivity index is 0.00000288. The largest absolute Gasteiger partial charge is 1.00 e. The molecule has 1 heterocycles. The van der Waals surface area contributed by atoms with Gasteiger partial charge in [-0.15, -0.1) is 0 Å². The fourth-order valence-electron chi connectivity index (χ4n) is 3.34. The van der Waals surface area contributed by atoms with Crippen LogP contribution < -0.4 is 61.6 Å². The van der Waals surface area contributed by atoms with Crippen molar-refractivity contribution in [3.05, 3.63) is 32.7 Å². The third kappa shape index (κ3) is 4.91. The minimum Gasteiger partial charge on any atom is -0.449 e. The van der Waals surface area contributed by atoms with Gasteiger partial charge in [0.2, 0.25) is 0 Å². The second kappa shape index (κ2) is 8.93. The molecule has 1 aromatic rings. The molecule has 0 atom stereocenters. The Morgan fingerprint density at radius 3 is 2.21 bits per heavy atom. The summed E-state index contributed by atoms with van der Waals surface area (Å²) in [5.74, 6) is 0. The Morgan fingerprint density at radius 2 is 1.71 bits per heavy atom. The first-order valence-electron chi connectivity index (χ1n) is 7.60. The molecule has 0 amide bonds. The number of anilines is 1. The van der Waals surface area contributed by atoms with E-state index in [0.29, 0.717) is 16.8 Å². The number of nitrogens with zero attached hydrogens (tertiary/aromatic N) is 4. The van der Waals surface area contributed by atoms with Gasteiger partial charge in [0, 0.05) is 42.5 Å². The number of piperazine rings is 1. The zero-order valence-electron chi connectivity index (χ0n) is 14.5. The SMILES string of the molecule is Cc1c(C[B-](F)(F)F)c(C)c(N2CCNCC2)c(C)c1N=[N+]=[N-].[K+]. The van der Waals surface area contributed by atoms with Gasteiger partial charge in [0.1, 0.15) is 0 Å². The maximum Gasteiger partial charge on any atom is 1.00 e. The van der Waals surface area contributed by atoms with Gasteiger partial charge in [-0.25, -0.2) is 0 Å². The fraction of sp³-hybridized carbons (Fsp3) is 0.571. The van der Waals surface area contributed by atoms with Crippen LogP contribution in [-0.4, -0.2) is 33.2 Å². The van der Waals surface area contributed by atoms with Crippen LogP contribution in [0.5, 0.6) is 0 Å². The summed E-state index contributed by atoms with van der Waals surface area (Å²) in [6, 6.07) is 0. The van der Waals surface area contributed by atoms with Crippen LogP contribution in [0.15, 0.2) is 5.11 Å². The number of nitrogens with one attached hydrogen (secondary N) is 1. The number of hydrogen-bond acceptors (Lipinski definition) is 3. The van der Waals surface area contributed by atoms with E-state index in [4.69, 9.17) is 5.53 Å². The van der Waals surface area contributed by atoms with E-state index in [1.807, 2.05) is 6.92 Å². The average Bonchev–Trinajstić information content (AvgIpc) is 2.48. The van der Waals surface area contributed by atoms with Gasteiger partial charge in [-0.1, -0.05) is 17.0 Å². The molecule has 0 aliphatic carbocycles. The van der Waals surface area contributed by atoms with Gasteiger partial charge in [-0.05, 0) is 43.0 Å². The fourth-order valence-corrected chi connectivity index (χ4v) is 3.34. The van der Waals surface area contributed by atoms with E-state index in [0.717, 1.165) is 37.4 Å². The van der Waals surface area contributed by atoms with Gasteiger partial charge in [0.15, 0.2) is 0 Å². The van der Waals surface area contributed by atoms with Gasteiger partial charge >= 0.3 is 58.4 Å². The van der Waals surface area contributed by atoms with Crippen molar-refractivity contribution in [1.82, 2.24) is 5.32 Å². The molecule has 24 heavy (non-hydrogen) atoms. The van der Waals surface area contributed by atoms with Crippen molar-refractivity contribution in [3.8, 4) is 0 Å². The summed E-state index contributed by atoms with van der Waals surface area (Å²) in [4.78, 5) is 4.87. The zero-order chi connectivity index (χ0) is 17.2. The van der Waals surface area contributed by atoms with Crippen LogP contribution in [-0.2, 0) is 6.32 Å². The van der Waals surface area contributed by atoms with Crippen molar-refractivity contribution in [1.29, 1.82) is 0 Å². The van der Waals surface area contributed by atoms with Crippen LogP contribution in [0.25, 0.3) is 10.4 Å². The molecule has 1 fully saturated rings. The molecule has 126 valence electrons. The zero-order valence-corrected chi connectivity index (χ0v) is 17.7. The van der Waals surface area contributed by atoms with Crippen molar-refractivity contribution in [2.45, 2.75) is 27.1 Å². The van der Waals surface area contributed by atoms with E-state index in [1.165, 1.54) is 0 Å². The summed E-state index contributed by atoms with van der Waals surface area (Å²) >= 11 is 0. The monoisotopic (exact) mass is 365 g/mol. The summed E-state index contributed by atoms with van der Waals surface area (Å²) in [6.07, 6.45) is -0.953. The Morgan fingerprint density at radius 1 is 1.12 bits per heavy atom. The van der Waals surface area contributed by atoms with Crippen molar-refractivity contribution in [2.75, 3.05) is 31.1 Å². The first kappa shape index (κ1) is 21.8. The summed E-state index contributed by atoms with van der Waals surface area (Å²) in [6.45, 7) is 3.18. The van der Waals surface area contributed by atoms with E-state index >= 15 is 0 Å². The molecule has 2 rings (SSSR count). The Hall–Kier alpha value is -0.219. The smallest absolute Gasteiger partial charge is 0.449 e. The minimum absolute atomic E-state index is 0. The Kier molecular flexibility index (Phi) is 8.12. The van der Waals surface area contributed by atoms with Gasteiger partial charge in [0.25, 0.3) is 0 Å². The Labute approximate surface area is 182 Å². The third-order valence-corrected chi connectivity index (χ3v) is 4.34. The van der Waals surface area contributed by atoms with Crippen LogP contribution >= 0.6 is 0 Å². The molecule has 1 aliphatic heterocycles. The van der Waals surface area contributed by atoms with Gasteiger partial charge in [-0.2, -0.15) is 0 Å². The predicted octanol–water partition coefficient (Wildman–Crippen LogP) is 0.896. The standard InChI is InChI=1S/C14H20BF3N5.K/c1-9-12(8-15(16,17)18)10(2)14(11(3)13(9)21-22-19)23-6-4-20-5-7-23;/h20H,4-8H2,1-3H3;/q-1;+1. The van der Waals surface area contributed by atoms with Gasteiger partial charge < -0.3 is 23.2 Å². The summed E-state index contributed by atoms with van der Waals surface area (Å²) in [7, 11) is 0. The first-order valence-corrected chi connectivity index (χ1v) is 7.60. The maximum absolute atomic E-state index is 13.0.